The average molecular weight is 411 g/mol. The van der Waals surface area contributed by atoms with E-state index < -0.39 is 5.97 Å². The minimum Gasteiger partial charge on any atom is -0.454 e. The van der Waals surface area contributed by atoms with E-state index in [4.69, 9.17) is 14.2 Å². The normalized spacial score (nSPS) is 11.7. The quantitative estimate of drug-likeness (QED) is 0.428. The van der Waals surface area contributed by atoms with E-state index in [1.807, 2.05) is 49.2 Å². The zero-order valence-electron chi connectivity index (χ0n) is 16.6. The number of nitrogens with zero attached hydrogens (tertiary/aromatic N) is 5. The third-order valence-corrected chi connectivity index (χ3v) is 5.14. The zero-order valence-corrected chi connectivity index (χ0v) is 17.4. The van der Waals surface area contributed by atoms with Crippen LogP contribution in [0.3, 0.4) is 0 Å². The maximum absolute atomic E-state index is 12.8. The van der Waals surface area contributed by atoms with Crippen molar-refractivity contribution in [3.63, 3.8) is 0 Å². The lowest BCUT2D eigenvalue weighted by molar-refractivity contribution is 0.0462. The van der Waals surface area contributed by atoms with E-state index in [9.17, 15) is 4.79 Å². The van der Waals surface area contributed by atoms with Crippen LogP contribution < -0.4 is 0 Å². The predicted molar refractivity (Wildman–Crippen MR) is 109 cm³/mol. The van der Waals surface area contributed by atoms with Crippen molar-refractivity contribution < 1.29 is 14.1 Å². The minimum atomic E-state index is -0.468. The van der Waals surface area contributed by atoms with Crippen molar-refractivity contribution in [2.45, 2.75) is 46.3 Å². The Morgan fingerprint density at radius 1 is 1.28 bits per heavy atom. The van der Waals surface area contributed by atoms with Crippen LogP contribution in [0.25, 0.3) is 22.5 Å². The van der Waals surface area contributed by atoms with Crippen LogP contribution in [0.5, 0.6) is 0 Å². The summed E-state index contributed by atoms with van der Waals surface area (Å²) in [5, 5.41) is 12.8. The number of esters is 1. The van der Waals surface area contributed by atoms with Gasteiger partial charge in [-0.15, -0.1) is 0 Å². The lowest BCUT2D eigenvalue weighted by Crippen LogP contribution is -2.10. The van der Waals surface area contributed by atoms with Gasteiger partial charge in [0, 0.05) is 17.1 Å². The molecule has 0 aliphatic carbocycles. The van der Waals surface area contributed by atoms with Gasteiger partial charge in [-0.25, -0.2) is 14.5 Å². The Balaban J connectivity index is 1.59. The third kappa shape index (κ3) is 3.77. The number of carbonyl (C=O) groups excluding carboxylic acids is 1. The molecule has 4 heterocycles. The summed E-state index contributed by atoms with van der Waals surface area (Å²) in [5.41, 5.74) is 2.77. The van der Waals surface area contributed by atoms with E-state index in [1.54, 1.807) is 23.6 Å². The van der Waals surface area contributed by atoms with Crippen molar-refractivity contribution in [2.75, 3.05) is 0 Å². The number of carbonyl (C=O) groups is 1. The Labute approximate surface area is 171 Å². The Morgan fingerprint density at radius 3 is 2.79 bits per heavy atom. The molecule has 29 heavy (non-hydrogen) atoms. The van der Waals surface area contributed by atoms with Gasteiger partial charge in [0.15, 0.2) is 12.3 Å². The summed E-state index contributed by atoms with van der Waals surface area (Å²) in [6.07, 6.45) is 1.66. The lowest BCUT2D eigenvalue weighted by atomic mass is 10.1. The summed E-state index contributed by atoms with van der Waals surface area (Å²) < 4.78 is 12.5. The number of hydrogen-bond acceptors (Lipinski definition) is 8. The van der Waals surface area contributed by atoms with Crippen LogP contribution in [0.4, 0.5) is 0 Å². The van der Waals surface area contributed by atoms with Crippen LogP contribution in [0.1, 0.15) is 61.5 Å². The van der Waals surface area contributed by atoms with Crippen molar-refractivity contribution in [2.24, 2.45) is 0 Å². The van der Waals surface area contributed by atoms with Gasteiger partial charge in [-0.1, -0.05) is 19.0 Å². The molecular weight excluding hydrogens is 390 g/mol. The van der Waals surface area contributed by atoms with Gasteiger partial charge in [0.2, 0.25) is 5.82 Å². The van der Waals surface area contributed by atoms with Gasteiger partial charge >= 0.3 is 5.97 Å². The molecule has 0 aromatic carbocycles. The van der Waals surface area contributed by atoms with Crippen molar-refractivity contribution in [3.05, 3.63) is 46.2 Å². The molecule has 4 rings (SSSR count). The SMILES string of the molecule is CC(C)c1cc(C(=O)OCc2noc(-c3ccsc3)n2)c2cnn(C(C)C)c2n1. The molecule has 0 radical (unpaired) electrons. The zero-order chi connectivity index (χ0) is 20.5. The van der Waals surface area contributed by atoms with E-state index in [1.165, 1.54) is 0 Å². The van der Waals surface area contributed by atoms with Gasteiger partial charge in [0.1, 0.15) is 0 Å². The molecule has 0 spiro atoms. The van der Waals surface area contributed by atoms with Gasteiger partial charge in [0.05, 0.1) is 22.7 Å². The lowest BCUT2D eigenvalue weighted by Gasteiger charge is -2.11. The molecule has 0 N–H and O–H groups in total. The summed E-state index contributed by atoms with van der Waals surface area (Å²) >= 11 is 1.54. The summed E-state index contributed by atoms with van der Waals surface area (Å²) in [6, 6.07) is 3.79. The fourth-order valence-electron chi connectivity index (χ4n) is 2.90. The Bertz CT molecular complexity index is 1140. The molecule has 0 unspecified atom stereocenters. The van der Waals surface area contributed by atoms with E-state index in [0.717, 1.165) is 11.3 Å². The number of hydrogen-bond donors (Lipinski definition) is 0. The van der Waals surface area contributed by atoms with Crippen LogP contribution in [0.2, 0.25) is 0 Å². The minimum absolute atomic E-state index is 0.0778. The van der Waals surface area contributed by atoms with E-state index in [2.05, 4.69) is 15.2 Å². The molecule has 0 saturated heterocycles. The van der Waals surface area contributed by atoms with Gasteiger partial charge in [-0.3, -0.25) is 0 Å². The number of ether oxygens (including phenoxy) is 1. The summed E-state index contributed by atoms with van der Waals surface area (Å²) in [4.78, 5) is 21.8. The molecule has 0 amide bonds. The maximum atomic E-state index is 12.8. The molecule has 4 aromatic heterocycles. The highest BCUT2D eigenvalue weighted by Gasteiger charge is 2.20. The number of aromatic nitrogens is 5. The van der Waals surface area contributed by atoms with E-state index in [-0.39, 0.29) is 18.6 Å². The number of fused-ring (bicyclic) bond motifs is 1. The van der Waals surface area contributed by atoms with Gasteiger partial charge in [0.25, 0.3) is 5.89 Å². The van der Waals surface area contributed by atoms with Crippen molar-refractivity contribution in [3.8, 4) is 11.5 Å². The highest BCUT2D eigenvalue weighted by atomic mass is 32.1. The van der Waals surface area contributed by atoms with E-state index in [0.29, 0.717) is 28.3 Å². The molecule has 4 aromatic rings. The smallest absolute Gasteiger partial charge is 0.339 e. The third-order valence-electron chi connectivity index (χ3n) is 4.46. The molecule has 0 aliphatic rings. The van der Waals surface area contributed by atoms with Crippen LogP contribution in [0.15, 0.2) is 33.6 Å². The Hall–Kier alpha value is -3.07. The van der Waals surface area contributed by atoms with Crippen LogP contribution in [-0.4, -0.2) is 30.9 Å². The fraction of sp³-hybridized carbons (Fsp3) is 0.350. The highest BCUT2D eigenvalue weighted by Crippen LogP contribution is 2.25. The summed E-state index contributed by atoms with van der Waals surface area (Å²) in [5.74, 6) is 0.409. The topological polar surface area (TPSA) is 95.9 Å². The second-order valence-corrected chi connectivity index (χ2v) is 8.05. The second-order valence-electron chi connectivity index (χ2n) is 7.27. The maximum Gasteiger partial charge on any atom is 0.339 e. The Morgan fingerprint density at radius 2 is 2.10 bits per heavy atom. The number of rotatable bonds is 6. The van der Waals surface area contributed by atoms with Crippen LogP contribution >= 0.6 is 11.3 Å². The first-order valence-electron chi connectivity index (χ1n) is 9.34. The average Bonchev–Trinajstić information content (AvgIpc) is 3.44. The van der Waals surface area contributed by atoms with Crippen molar-refractivity contribution in [1.82, 2.24) is 24.9 Å². The molecule has 0 fully saturated rings. The molecular formula is C20H21N5O3S. The predicted octanol–water partition coefficient (Wildman–Crippen LogP) is 4.60. The largest absolute Gasteiger partial charge is 0.454 e. The molecule has 0 saturated carbocycles. The highest BCUT2D eigenvalue weighted by molar-refractivity contribution is 7.08. The fourth-order valence-corrected chi connectivity index (χ4v) is 3.53. The van der Waals surface area contributed by atoms with Gasteiger partial charge in [-0.05, 0) is 37.3 Å². The molecule has 8 nitrogen and oxygen atoms in total. The molecule has 150 valence electrons. The first-order chi connectivity index (χ1) is 13.9. The first-order valence-corrected chi connectivity index (χ1v) is 10.3. The monoisotopic (exact) mass is 411 g/mol. The van der Waals surface area contributed by atoms with E-state index >= 15 is 0 Å². The van der Waals surface area contributed by atoms with Crippen LogP contribution in [-0.2, 0) is 11.3 Å². The molecule has 0 bridgehead atoms. The summed E-state index contributed by atoms with van der Waals surface area (Å²) in [6.45, 7) is 8.03. The Kier molecular flexibility index (Phi) is 5.14. The van der Waals surface area contributed by atoms with Crippen LogP contribution in [0, 0.1) is 0 Å². The number of pyridine rings is 1. The molecule has 0 atom stereocenters. The van der Waals surface area contributed by atoms with Gasteiger partial charge in [-0.2, -0.15) is 21.4 Å². The van der Waals surface area contributed by atoms with Gasteiger partial charge < -0.3 is 9.26 Å². The second kappa shape index (κ2) is 7.75. The summed E-state index contributed by atoms with van der Waals surface area (Å²) in [7, 11) is 0. The standard InChI is InChI=1S/C20H21N5O3S/c1-11(2)16-7-14(15-8-21-25(12(3)4)18(15)22-16)20(26)27-9-17-23-19(28-24-17)13-5-6-29-10-13/h5-8,10-12H,9H2,1-4H3. The number of thiophene rings is 1. The van der Waals surface area contributed by atoms with Crippen molar-refractivity contribution in [1.29, 1.82) is 0 Å². The molecule has 9 heteroatoms. The first kappa shape index (κ1) is 19.3. The van der Waals surface area contributed by atoms with Crippen molar-refractivity contribution >= 4 is 28.3 Å². The molecule has 0 aliphatic heterocycles.